The maximum absolute atomic E-state index is 12.1. The number of carbonyl (C=O) groups excluding carboxylic acids is 2. The van der Waals surface area contributed by atoms with E-state index in [1.54, 1.807) is 4.90 Å². The zero-order valence-corrected chi connectivity index (χ0v) is 12.7. The van der Waals surface area contributed by atoms with E-state index in [1.807, 2.05) is 38.1 Å². The van der Waals surface area contributed by atoms with E-state index in [4.69, 9.17) is 0 Å². The van der Waals surface area contributed by atoms with Gasteiger partial charge >= 0.3 is 6.03 Å². The number of nitrogens with zero attached hydrogens (tertiary/aromatic N) is 1. The summed E-state index contributed by atoms with van der Waals surface area (Å²) in [6.45, 7) is 4.31. The first-order valence-corrected chi connectivity index (χ1v) is 7.21. The van der Waals surface area contributed by atoms with Gasteiger partial charge in [0.2, 0.25) is 0 Å². The molecule has 1 aliphatic rings. The van der Waals surface area contributed by atoms with Crippen molar-refractivity contribution in [1.29, 1.82) is 0 Å². The molecule has 0 bridgehead atoms. The number of nitrogens with one attached hydrogen (secondary N) is 1. The lowest BCUT2D eigenvalue weighted by molar-refractivity contribution is -0.127. The van der Waals surface area contributed by atoms with E-state index in [0.29, 0.717) is 19.4 Å². The number of imide groups is 1. The molecule has 0 aliphatic carbocycles. The highest BCUT2D eigenvalue weighted by Gasteiger charge is 2.50. The number of urea groups is 1. The van der Waals surface area contributed by atoms with Crippen LogP contribution in [0, 0.1) is 0 Å². The summed E-state index contributed by atoms with van der Waals surface area (Å²) >= 11 is 3.48. The largest absolute Gasteiger partial charge is 0.325 e. The molecule has 1 fully saturated rings. The van der Waals surface area contributed by atoms with Gasteiger partial charge in [-0.15, -0.1) is 0 Å². The lowest BCUT2D eigenvalue weighted by Gasteiger charge is -2.33. The number of benzene rings is 1. The van der Waals surface area contributed by atoms with Crippen LogP contribution in [0.25, 0.3) is 0 Å². The summed E-state index contributed by atoms with van der Waals surface area (Å²) in [5.41, 5.74) is 0.283. The molecule has 0 spiro atoms. The molecule has 3 amide bonds. The number of carbonyl (C=O) groups is 2. The number of rotatable bonds is 4. The van der Waals surface area contributed by atoms with E-state index in [1.165, 1.54) is 0 Å². The second kappa shape index (κ2) is 5.33. The summed E-state index contributed by atoms with van der Waals surface area (Å²) in [5.74, 6) is -0.186. The van der Waals surface area contributed by atoms with Crippen molar-refractivity contribution in [2.75, 3.05) is 0 Å². The minimum Gasteiger partial charge on any atom is -0.305 e. The number of hydrogen-bond donors (Lipinski definition) is 1. The molecular formula is C14H17BrN2O2. The van der Waals surface area contributed by atoms with Crippen LogP contribution in [0.3, 0.4) is 0 Å². The van der Waals surface area contributed by atoms with Crippen LogP contribution in [0.15, 0.2) is 28.7 Å². The quantitative estimate of drug-likeness (QED) is 0.865. The third-order valence-corrected chi connectivity index (χ3v) is 4.63. The predicted octanol–water partition coefficient (Wildman–Crippen LogP) is 3.06. The second-order valence-electron chi connectivity index (χ2n) is 4.68. The van der Waals surface area contributed by atoms with Crippen molar-refractivity contribution in [1.82, 2.24) is 10.2 Å². The zero-order valence-electron chi connectivity index (χ0n) is 11.1. The van der Waals surface area contributed by atoms with Crippen molar-refractivity contribution in [2.24, 2.45) is 0 Å². The first-order valence-electron chi connectivity index (χ1n) is 6.41. The van der Waals surface area contributed by atoms with Crippen LogP contribution in [-0.2, 0) is 11.3 Å². The lowest BCUT2D eigenvalue weighted by Crippen LogP contribution is -2.48. The van der Waals surface area contributed by atoms with Crippen molar-refractivity contribution in [3.8, 4) is 0 Å². The van der Waals surface area contributed by atoms with E-state index < -0.39 is 5.54 Å². The molecule has 1 aliphatic heterocycles. The summed E-state index contributed by atoms with van der Waals surface area (Å²) in [7, 11) is 0. The Labute approximate surface area is 121 Å². The highest BCUT2D eigenvalue weighted by Crippen LogP contribution is 2.32. The Morgan fingerprint density at radius 2 is 1.84 bits per heavy atom. The maximum Gasteiger partial charge on any atom is 0.325 e. The molecular weight excluding hydrogens is 308 g/mol. The summed E-state index contributed by atoms with van der Waals surface area (Å²) in [4.78, 5) is 25.7. The van der Waals surface area contributed by atoms with Gasteiger partial charge in [0.05, 0.1) is 0 Å². The summed E-state index contributed by atoms with van der Waals surface area (Å²) < 4.78 is 0.947. The molecule has 1 saturated heterocycles. The average Bonchev–Trinajstić information content (AvgIpc) is 2.64. The molecule has 0 aromatic heterocycles. The topological polar surface area (TPSA) is 49.4 Å². The van der Waals surface area contributed by atoms with E-state index in [-0.39, 0.29) is 11.9 Å². The molecule has 0 radical (unpaired) electrons. The standard InChI is InChI=1S/C14H17BrN2O2/c1-3-14(4-2)12(18)16-13(19)17(14)9-10-7-5-6-8-11(10)15/h5-8H,3-4,9H2,1-2H3,(H,16,18,19). The third kappa shape index (κ3) is 2.27. The lowest BCUT2D eigenvalue weighted by atomic mass is 9.91. The fraction of sp³-hybridized carbons (Fsp3) is 0.429. The number of halogens is 1. The normalized spacial score (nSPS) is 17.7. The van der Waals surface area contributed by atoms with Crippen LogP contribution in [-0.4, -0.2) is 22.4 Å². The molecule has 0 atom stereocenters. The van der Waals surface area contributed by atoms with Gasteiger partial charge in [0.25, 0.3) is 5.91 Å². The van der Waals surface area contributed by atoms with Gasteiger partial charge in [-0.25, -0.2) is 4.79 Å². The van der Waals surface area contributed by atoms with Gasteiger partial charge in [0.1, 0.15) is 5.54 Å². The van der Waals surface area contributed by atoms with Gasteiger partial charge < -0.3 is 4.90 Å². The minimum absolute atomic E-state index is 0.186. The highest BCUT2D eigenvalue weighted by atomic mass is 79.9. The summed E-state index contributed by atoms with van der Waals surface area (Å²) in [6.07, 6.45) is 1.23. The number of hydrogen-bond acceptors (Lipinski definition) is 2. The molecule has 1 aromatic rings. The summed E-state index contributed by atoms with van der Waals surface area (Å²) in [5, 5.41) is 2.43. The molecule has 5 heteroatoms. The fourth-order valence-electron chi connectivity index (χ4n) is 2.57. The monoisotopic (exact) mass is 324 g/mol. The molecule has 1 aromatic carbocycles. The molecule has 1 heterocycles. The number of amides is 3. The first-order chi connectivity index (χ1) is 9.05. The van der Waals surface area contributed by atoms with Gasteiger partial charge in [-0.3, -0.25) is 10.1 Å². The Morgan fingerprint density at radius 1 is 1.21 bits per heavy atom. The smallest absolute Gasteiger partial charge is 0.305 e. The van der Waals surface area contributed by atoms with E-state index in [9.17, 15) is 9.59 Å². The van der Waals surface area contributed by atoms with Crippen LogP contribution in [0.1, 0.15) is 32.3 Å². The van der Waals surface area contributed by atoms with Gasteiger partial charge in [0, 0.05) is 11.0 Å². The van der Waals surface area contributed by atoms with Gasteiger partial charge in [0.15, 0.2) is 0 Å². The second-order valence-corrected chi connectivity index (χ2v) is 5.53. The van der Waals surface area contributed by atoms with Crippen molar-refractivity contribution in [3.05, 3.63) is 34.3 Å². The minimum atomic E-state index is -0.716. The average molecular weight is 325 g/mol. The Kier molecular flexibility index (Phi) is 3.94. The zero-order chi connectivity index (χ0) is 14.0. The van der Waals surface area contributed by atoms with Crippen molar-refractivity contribution in [2.45, 2.75) is 38.8 Å². The molecule has 102 valence electrons. The Morgan fingerprint density at radius 3 is 2.42 bits per heavy atom. The van der Waals surface area contributed by atoms with Crippen LogP contribution in [0.4, 0.5) is 4.79 Å². The molecule has 1 N–H and O–H groups in total. The molecule has 0 saturated carbocycles. The Hall–Kier alpha value is -1.36. The fourth-order valence-corrected chi connectivity index (χ4v) is 2.98. The van der Waals surface area contributed by atoms with Gasteiger partial charge in [-0.1, -0.05) is 48.0 Å². The van der Waals surface area contributed by atoms with Crippen LogP contribution < -0.4 is 5.32 Å². The van der Waals surface area contributed by atoms with E-state index in [2.05, 4.69) is 21.2 Å². The molecule has 0 unspecified atom stereocenters. The molecule has 19 heavy (non-hydrogen) atoms. The van der Waals surface area contributed by atoms with Gasteiger partial charge in [-0.05, 0) is 24.5 Å². The highest BCUT2D eigenvalue weighted by molar-refractivity contribution is 9.10. The summed E-state index contributed by atoms with van der Waals surface area (Å²) in [6, 6.07) is 7.44. The van der Waals surface area contributed by atoms with Crippen LogP contribution >= 0.6 is 15.9 Å². The van der Waals surface area contributed by atoms with Crippen molar-refractivity contribution >= 4 is 27.9 Å². The molecule has 4 nitrogen and oxygen atoms in total. The van der Waals surface area contributed by atoms with E-state index >= 15 is 0 Å². The SMILES string of the molecule is CCC1(CC)C(=O)NC(=O)N1Cc1ccccc1Br. The Bertz CT molecular complexity index is 512. The van der Waals surface area contributed by atoms with Crippen LogP contribution in [0.5, 0.6) is 0 Å². The third-order valence-electron chi connectivity index (χ3n) is 3.86. The van der Waals surface area contributed by atoms with Crippen molar-refractivity contribution in [3.63, 3.8) is 0 Å². The Balaban J connectivity index is 2.34. The molecule has 2 rings (SSSR count). The predicted molar refractivity (Wildman–Crippen MR) is 76.5 cm³/mol. The maximum atomic E-state index is 12.1. The first kappa shape index (κ1) is 14.1. The van der Waals surface area contributed by atoms with Crippen molar-refractivity contribution < 1.29 is 9.59 Å². The van der Waals surface area contributed by atoms with Gasteiger partial charge in [-0.2, -0.15) is 0 Å². The van der Waals surface area contributed by atoms with Crippen LogP contribution in [0.2, 0.25) is 0 Å². The van der Waals surface area contributed by atoms with E-state index in [0.717, 1.165) is 10.0 Å².